The van der Waals surface area contributed by atoms with E-state index in [9.17, 15) is 4.79 Å². The van der Waals surface area contributed by atoms with Crippen LogP contribution in [0.5, 0.6) is 5.75 Å². The number of carbonyl (C=O) groups is 1. The molecule has 1 aromatic carbocycles. The summed E-state index contributed by atoms with van der Waals surface area (Å²) >= 11 is 0. The molecule has 114 valence electrons. The molecule has 0 bridgehead atoms. The molecule has 1 aliphatic rings. The zero-order valence-electron chi connectivity index (χ0n) is 13.2. The van der Waals surface area contributed by atoms with Crippen LogP contribution in [0.15, 0.2) is 30.3 Å². The van der Waals surface area contributed by atoms with Crippen LogP contribution in [0.2, 0.25) is 0 Å². The normalized spacial score (nSPS) is 15.4. The number of nitrogens with zero attached hydrogens (tertiary/aromatic N) is 1. The highest BCUT2D eigenvalue weighted by molar-refractivity contribution is 5.72. The van der Waals surface area contributed by atoms with E-state index in [0.29, 0.717) is 13.1 Å². The van der Waals surface area contributed by atoms with Gasteiger partial charge in [-0.05, 0) is 50.5 Å². The highest BCUT2D eigenvalue weighted by atomic mass is 16.6. The molecule has 0 saturated heterocycles. The average molecular weight is 289 g/mol. The fraction of sp³-hybridized carbons (Fsp3) is 0.471. The van der Waals surface area contributed by atoms with Crippen molar-refractivity contribution in [3.63, 3.8) is 0 Å². The summed E-state index contributed by atoms with van der Waals surface area (Å²) in [6.07, 6.45) is 2.69. The number of ether oxygens (including phenoxy) is 2. The van der Waals surface area contributed by atoms with Crippen LogP contribution in [0.1, 0.15) is 32.8 Å². The van der Waals surface area contributed by atoms with E-state index in [0.717, 1.165) is 12.2 Å². The van der Waals surface area contributed by atoms with Gasteiger partial charge in [-0.1, -0.05) is 18.2 Å². The van der Waals surface area contributed by atoms with Gasteiger partial charge < -0.3 is 14.4 Å². The van der Waals surface area contributed by atoms with Crippen LogP contribution in [0.25, 0.3) is 5.57 Å². The maximum atomic E-state index is 12.0. The third-order valence-corrected chi connectivity index (χ3v) is 3.32. The summed E-state index contributed by atoms with van der Waals surface area (Å²) in [5.41, 5.74) is 1.99. The lowest BCUT2D eigenvalue weighted by Gasteiger charge is -2.29. The van der Waals surface area contributed by atoms with Gasteiger partial charge >= 0.3 is 6.09 Å². The summed E-state index contributed by atoms with van der Waals surface area (Å²) in [5.74, 6) is 0.852. The lowest BCUT2D eigenvalue weighted by atomic mass is 9.99. The summed E-state index contributed by atoms with van der Waals surface area (Å²) in [4.78, 5) is 13.7. The summed E-state index contributed by atoms with van der Waals surface area (Å²) in [6.45, 7) is 6.93. The number of hydrogen-bond donors (Lipinski definition) is 0. The number of methoxy groups -OCH3 is 1. The summed E-state index contributed by atoms with van der Waals surface area (Å²) in [5, 5.41) is 0. The smallest absolute Gasteiger partial charge is 0.410 e. The van der Waals surface area contributed by atoms with Crippen LogP contribution >= 0.6 is 0 Å². The van der Waals surface area contributed by atoms with Crippen molar-refractivity contribution in [1.29, 1.82) is 0 Å². The van der Waals surface area contributed by atoms with Gasteiger partial charge in [-0.25, -0.2) is 4.79 Å². The zero-order valence-corrected chi connectivity index (χ0v) is 13.2. The predicted octanol–water partition coefficient (Wildman–Crippen LogP) is 3.72. The summed E-state index contributed by atoms with van der Waals surface area (Å²) in [7, 11) is 1.66. The highest BCUT2D eigenvalue weighted by Crippen LogP contribution is 2.25. The molecule has 1 aromatic rings. The van der Waals surface area contributed by atoms with E-state index in [1.54, 1.807) is 12.0 Å². The molecule has 1 aliphatic heterocycles. The summed E-state index contributed by atoms with van der Waals surface area (Å²) in [6, 6.07) is 8.01. The Bertz CT molecular complexity index is 526. The monoisotopic (exact) mass is 289 g/mol. The first-order valence-corrected chi connectivity index (χ1v) is 7.20. The van der Waals surface area contributed by atoms with Gasteiger partial charge in [0, 0.05) is 13.1 Å². The fourth-order valence-corrected chi connectivity index (χ4v) is 2.23. The van der Waals surface area contributed by atoms with Crippen molar-refractivity contribution >= 4 is 11.7 Å². The molecule has 0 fully saturated rings. The van der Waals surface area contributed by atoms with Crippen LogP contribution in [-0.2, 0) is 4.74 Å². The van der Waals surface area contributed by atoms with Crippen LogP contribution in [0.4, 0.5) is 4.79 Å². The standard InChI is InChI=1S/C17H23NO3/c1-17(2,3)21-16(19)18-11-9-14(10-12-18)13-5-7-15(20-4)8-6-13/h5-9H,10-12H2,1-4H3. The molecule has 1 amide bonds. The molecule has 4 nitrogen and oxygen atoms in total. The number of rotatable bonds is 2. The third kappa shape index (κ3) is 4.25. The van der Waals surface area contributed by atoms with Crippen molar-refractivity contribution in [3.8, 4) is 5.75 Å². The zero-order chi connectivity index (χ0) is 15.5. The lowest BCUT2D eigenvalue weighted by molar-refractivity contribution is 0.0270. The molecular weight excluding hydrogens is 266 g/mol. The molecular formula is C17H23NO3. The maximum absolute atomic E-state index is 12.0. The van der Waals surface area contributed by atoms with Crippen molar-refractivity contribution in [2.24, 2.45) is 0 Å². The molecule has 21 heavy (non-hydrogen) atoms. The van der Waals surface area contributed by atoms with Crippen molar-refractivity contribution in [2.45, 2.75) is 32.8 Å². The molecule has 0 aromatic heterocycles. The van der Waals surface area contributed by atoms with Gasteiger partial charge in [-0.3, -0.25) is 0 Å². The SMILES string of the molecule is COc1ccc(C2=CCN(C(=O)OC(C)(C)C)CC2)cc1. The fourth-order valence-electron chi connectivity index (χ4n) is 2.23. The van der Waals surface area contributed by atoms with Crippen LogP contribution < -0.4 is 4.74 Å². The average Bonchev–Trinajstić information content (AvgIpc) is 2.46. The molecule has 0 unspecified atom stereocenters. The Morgan fingerprint density at radius 1 is 1.19 bits per heavy atom. The number of amides is 1. The molecule has 0 atom stereocenters. The van der Waals surface area contributed by atoms with Crippen molar-refractivity contribution in [3.05, 3.63) is 35.9 Å². The van der Waals surface area contributed by atoms with Gasteiger partial charge in [-0.15, -0.1) is 0 Å². The minimum atomic E-state index is -0.447. The summed E-state index contributed by atoms with van der Waals surface area (Å²) < 4.78 is 10.6. The lowest BCUT2D eigenvalue weighted by Crippen LogP contribution is -2.39. The van der Waals surface area contributed by atoms with Crippen LogP contribution in [-0.4, -0.2) is 36.8 Å². The van der Waals surface area contributed by atoms with E-state index in [2.05, 4.69) is 6.08 Å². The topological polar surface area (TPSA) is 38.8 Å². The molecule has 1 heterocycles. The molecule has 0 aliphatic carbocycles. The van der Waals surface area contributed by atoms with E-state index in [4.69, 9.17) is 9.47 Å². The molecule has 0 radical (unpaired) electrons. The second-order valence-corrected chi connectivity index (χ2v) is 6.13. The minimum Gasteiger partial charge on any atom is -0.497 e. The first-order valence-electron chi connectivity index (χ1n) is 7.20. The molecule has 0 spiro atoms. The highest BCUT2D eigenvalue weighted by Gasteiger charge is 2.23. The largest absolute Gasteiger partial charge is 0.497 e. The second kappa shape index (κ2) is 6.20. The Labute approximate surface area is 126 Å². The number of carbonyl (C=O) groups excluding carboxylic acids is 1. The van der Waals surface area contributed by atoms with Crippen LogP contribution in [0, 0.1) is 0 Å². The Kier molecular flexibility index (Phi) is 4.56. The van der Waals surface area contributed by atoms with Gasteiger partial charge in [0.05, 0.1) is 7.11 Å². The van der Waals surface area contributed by atoms with E-state index in [1.807, 2.05) is 45.0 Å². The Morgan fingerprint density at radius 3 is 2.33 bits per heavy atom. The van der Waals surface area contributed by atoms with E-state index >= 15 is 0 Å². The first kappa shape index (κ1) is 15.4. The second-order valence-electron chi connectivity index (χ2n) is 6.13. The predicted molar refractivity (Wildman–Crippen MR) is 83.4 cm³/mol. The Hall–Kier alpha value is -1.97. The third-order valence-electron chi connectivity index (χ3n) is 3.32. The van der Waals surface area contributed by atoms with Crippen molar-refractivity contribution in [1.82, 2.24) is 4.90 Å². The van der Waals surface area contributed by atoms with Gasteiger partial charge in [0.25, 0.3) is 0 Å². The van der Waals surface area contributed by atoms with E-state index in [-0.39, 0.29) is 6.09 Å². The molecule has 2 rings (SSSR count). The maximum Gasteiger partial charge on any atom is 0.410 e. The quantitative estimate of drug-likeness (QED) is 0.833. The van der Waals surface area contributed by atoms with Gasteiger partial charge in [-0.2, -0.15) is 0 Å². The minimum absolute atomic E-state index is 0.243. The molecule has 0 saturated carbocycles. The number of hydrogen-bond acceptors (Lipinski definition) is 3. The van der Waals surface area contributed by atoms with Crippen molar-refractivity contribution < 1.29 is 14.3 Å². The molecule has 4 heteroatoms. The van der Waals surface area contributed by atoms with E-state index < -0.39 is 5.60 Å². The Balaban J connectivity index is 1.99. The van der Waals surface area contributed by atoms with Crippen LogP contribution in [0.3, 0.4) is 0 Å². The van der Waals surface area contributed by atoms with Crippen molar-refractivity contribution in [2.75, 3.05) is 20.2 Å². The van der Waals surface area contributed by atoms with Gasteiger partial charge in [0.15, 0.2) is 0 Å². The molecule has 0 N–H and O–H groups in total. The Morgan fingerprint density at radius 2 is 1.86 bits per heavy atom. The number of benzene rings is 1. The van der Waals surface area contributed by atoms with Gasteiger partial charge in [0.1, 0.15) is 11.4 Å². The van der Waals surface area contributed by atoms with E-state index in [1.165, 1.54) is 11.1 Å². The first-order chi connectivity index (χ1) is 9.89. The van der Waals surface area contributed by atoms with Gasteiger partial charge in [0.2, 0.25) is 0 Å².